The first kappa shape index (κ1) is 34.6. The molecule has 4 saturated carbocycles. The normalized spacial score (nSPS) is 42.7. The molecule has 7 nitrogen and oxygen atoms in total. The smallest absolute Gasteiger partial charge is 0.270 e. The van der Waals surface area contributed by atoms with E-state index < -0.39 is 5.41 Å². The van der Waals surface area contributed by atoms with Crippen LogP contribution in [0.15, 0.2) is 41.5 Å². The van der Waals surface area contributed by atoms with E-state index in [-0.39, 0.29) is 49.9 Å². The van der Waals surface area contributed by atoms with Gasteiger partial charge in [0.1, 0.15) is 0 Å². The van der Waals surface area contributed by atoms with Crippen molar-refractivity contribution in [3.8, 4) is 0 Å². The molecule has 5 aliphatic carbocycles. The number of hydrogen-bond acceptors (Lipinski definition) is 5. The summed E-state index contributed by atoms with van der Waals surface area (Å²) in [6.07, 6.45) is 12.5. The van der Waals surface area contributed by atoms with Crippen molar-refractivity contribution in [2.45, 2.75) is 99.8 Å². The molecule has 1 amide bonds. The van der Waals surface area contributed by atoms with Crippen molar-refractivity contribution in [3.63, 3.8) is 0 Å². The predicted octanol–water partition coefficient (Wildman–Crippen LogP) is 8.59. The minimum absolute atomic E-state index is 0.0126. The van der Waals surface area contributed by atoms with Gasteiger partial charge in [0, 0.05) is 43.7 Å². The first-order chi connectivity index (χ1) is 23.0. The quantitative estimate of drug-likeness (QED) is 0.139. The Hall–Kier alpha value is -2.80. The van der Waals surface area contributed by atoms with Crippen molar-refractivity contribution in [1.29, 1.82) is 0 Å². The number of allylic oxidation sites excluding steroid dienone is 3. The standard InChI is InChI=1S/C42H59N3O4/c1-27-14-17-42(37(47)44-22-20-43(8)21-23-44)19-18-40(6)32(35(42)28(27)2)12-13-34-39(5)26-30(24-29-10-9-11-31(25-29)45(48)49)36(46)38(3,4)33(39)15-16-41(34,40)7/h9-12,24-25,27-28,33-35H,13-23,26H2,1-8H3/b30-24-/t27-,28+,33+,34-,35+,39+,40-,41-,42+/m1/s1. The second-order valence-corrected chi connectivity index (χ2v) is 18.6. The first-order valence-corrected chi connectivity index (χ1v) is 19.2. The van der Waals surface area contributed by atoms with Crippen LogP contribution in [0.5, 0.6) is 0 Å². The van der Waals surface area contributed by atoms with Gasteiger partial charge in [-0.1, -0.05) is 72.2 Å². The van der Waals surface area contributed by atoms with Gasteiger partial charge in [-0.15, -0.1) is 0 Å². The van der Waals surface area contributed by atoms with Crippen LogP contribution in [0.25, 0.3) is 6.08 Å². The molecule has 1 aromatic carbocycles. The molecule has 0 radical (unpaired) electrons. The summed E-state index contributed by atoms with van der Waals surface area (Å²) in [4.78, 5) is 44.8. The van der Waals surface area contributed by atoms with Gasteiger partial charge in [-0.2, -0.15) is 0 Å². The van der Waals surface area contributed by atoms with E-state index in [4.69, 9.17) is 0 Å². The number of nitrogens with zero attached hydrogens (tertiary/aromatic N) is 3. The van der Waals surface area contributed by atoms with E-state index in [0.29, 0.717) is 30.1 Å². The number of carbonyl (C=O) groups excluding carboxylic acids is 2. The number of fused-ring (bicyclic) bond motifs is 7. The lowest BCUT2D eigenvalue weighted by atomic mass is 9.33. The predicted molar refractivity (Wildman–Crippen MR) is 195 cm³/mol. The van der Waals surface area contributed by atoms with E-state index in [0.717, 1.165) is 82.3 Å². The maximum absolute atomic E-state index is 14.8. The number of rotatable bonds is 3. The van der Waals surface area contributed by atoms with Gasteiger partial charge in [0.05, 0.1) is 10.3 Å². The average Bonchev–Trinajstić information content (AvgIpc) is 3.05. The molecule has 1 heterocycles. The maximum atomic E-state index is 14.8. The molecule has 9 atom stereocenters. The average molecular weight is 670 g/mol. The van der Waals surface area contributed by atoms with Crippen molar-refractivity contribution in [2.24, 2.45) is 56.7 Å². The van der Waals surface area contributed by atoms with Crippen molar-refractivity contribution >= 4 is 23.5 Å². The number of ketones is 1. The molecule has 0 spiro atoms. The van der Waals surface area contributed by atoms with Crippen LogP contribution in [0.4, 0.5) is 5.69 Å². The Balaban J connectivity index is 1.29. The van der Waals surface area contributed by atoms with Crippen LogP contribution in [0.1, 0.15) is 105 Å². The van der Waals surface area contributed by atoms with Crippen LogP contribution >= 0.6 is 0 Å². The fourth-order valence-corrected chi connectivity index (χ4v) is 13.1. The fraction of sp³-hybridized carbons (Fsp3) is 0.714. The Bertz CT molecular complexity index is 1620. The monoisotopic (exact) mass is 669 g/mol. The molecule has 0 unspecified atom stereocenters. The zero-order valence-electron chi connectivity index (χ0n) is 31.3. The highest BCUT2D eigenvalue weighted by Gasteiger charge is 2.70. The van der Waals surface area contributed by atoms with Crippen LogP contribution in [0.2, 0.25) is 0 Å². The van der Waals surface area contributed by atoms with Crippen LogP contribution in [-0.4, -0.2) is 59.6 Å². The maximum Gasteiger partial charge on any atom is 0.270 e. The SMILES string of the molecule is C[C@H]1[C@H](C)CC[C@]2(C(=O)N3CCN(C)CC3)CC[C@]3(C)C(=CC[C@@H]4[C@@]5(C)C/C(=C/c6cccc([N+](=O)[O-])c6)C(=O)C(C)(C)[C@@H]5CC[C@]43C)[C@H]12. The Morgan fingerprint density at radius 3 is 2.37 bits per heavy atom. The Labute approximate surface area is 294 Å². The largest absolute Gasteiger partial charge is 0.340 e. The lowest BCUT2D eigenvalue weighted by Gasteiger charge is -2.71. The molecule has 0 bridgehead atoms. The first-order valence-electron chi connectivity index (χ1n) is 19.2. The van der Waals surface area contributed by atoms with E-state index in [9.17, 15) is 19.7 Å². The molecule has 7 heteroatoms. The summed E-state index contributed by atoms with van der Waals surface area (Å²) in [5.74, 6) is 2.61. The number of non-ortho nitro benzene ring substituents is 1. The Morgan fingerprint density at radius 1 is 0.959 bits per heavy atom. The van der Waals surface area contributed by atoms with Gasteiger partial charge in [0.25, 0.3) is 5.69 Å². The number of likely N-dealkylation sites (N-methyl/N-ethyl adjacent to an activating group) is 1. The van der Waals surface area contributed by atoms with Crippen molar-refractivity contribution < 1.29 is 14.5 Å². The molecule has 0 aromatic heterocycles. The van der Waals surface area contributed by atoms with Crippen LogP contribution in [0, 0.1) is 66.8 Å². The van der Waals surface area contributed by atoms with E-state index >= 15 is 0 Å². The molecule has 0 N–H and O–H groups in total. The van der Waals surface area contributed by atoms with Gasteiger partial charge < -0.3 is 9.80 Å². The zero-order valence-corrected chi connectivity index (χ0v) is 31.3. The molecule has 6 aliphatic rings. The highest BCUT2D eigenvalue weighted by Crippen LogP contribution is 2.76. The van der Waals surface area contributed by atoms with Gasteiger partial charge in [0.2, 0.25) is 5.91 Å². The lowest BCUT2D eigenvalue weighted by molar-refractivity contribution is -0.384. The number of hydrogen-bond donors (Lipinski definition) is 0. The molecular weight excluding hydrogens is 610 g/mol. The van der Waals surface area contributed by atoms with Crippen molar-refractivity contribution in [2.75, 3.05) is 33.2 Å². The van der Waals surface area contributed by atoms with Crippen molar-refractivity contribution in [1.82, 2.24) is 9.80 Å². The number of Topliss-reactive ketones (excluding diaryl/α,β-unsaturated/α-hetero) is 1. The summed E-state index contributed by atoms with van der Waals surface area (Å²) < 4.78 is 0. The number of nitro groups is 1. The molecule has 1 aliphatic heterocycles. The third-order valence-electron chi connectivity index (χ3n) is 16.2. The molecule has 5 fully saturated rings. The highest BCUT2D eigenvalue weighted by molar-refractivity contribution is 6.04. The molecule has 266 valence electrons. The van der Waals surface area contributed by atoms with E-state index in [1.807, 2.05) is 12.1 Å². The molecule has 7 rings (SSSR count). The Morgan fingerprint density at radius 2 is 1.67 bits per heavy atom. The summed E-state index contributed by atoms with van der Waals surface area (Å²) in [5, 5.41) is 11.6. The van der Waals surface area contributed by atoms with Gasteiger partial charge in [-0.3, -0.25) is 19.7 Å². The summed E-state index contributed by atoms with van der Waals surface area (Å²) in [6.45, 7) is 20.3. The summed E-state index contributed by atoms with van der Waals surface area (Å²) >= 11 is 0. The van der Waals surface area contributed by atoms with Crippen LogP contribution < -0.4 is 0 Å². The summed E-state index contributed by atoms with van der Waals surface area (Å²) in [5.41, 5.74) is 2.28. The van der Waals surface area contributed by atoms with Gasteiger partial charge >= 0.3 is 0 Å². The van der Waals surface area contributed by atoms with Crippen LogP contribution in [-0.2, 0) is 9.59 Å². The molecule has 1 saturated heterocycles. The Kier molecular flexibility index (Phi) is 8.21. The zero-order chi connectivity index (χ0) is 35.3. The second-order valence-electron chi connectivity index (χ2n) is 18.6. The summed E-state index contributed by atoms with van der Waals surface area (Å²) in [7, 11) is 2.16. The van der Waals surface area contributed by atoms with Crippen LogP contribution in [0.3, 0.4) is 0 Å². The van der Waals surface area contributed by atoms with Crippen molar-refractivity contribution in [3.05, 3.63) is 57.2 Å². The second kappa shape index (κ2) is 11.6. The number of carbonyl (C=O) groups is 2. The number of benzene rings is 1. The number of amides is 1. The van der Waals surface area contributed by atoms with E-state index in [2.05, 4.69) is 71.4 Å². The van der Waals surface area contributed by atoms with Gasteiger partial charge in [-0.25, -0.2) is 0 Å². The van der Waals surface area contributed by atoms with E-state index in [1.165, 1.54) is 6.07 Å². The molecular formula is C42H59N3O4. The number of piperazine rings is 1. The fourth-order valence-electron chi connectivity index (χ4n) is 13.1. The lowest BCUT2D eigenvalue weighted by Crippen LogP contribution is -2.66. The number of nitro benzene ring substituents is 1. The third kappa shape index (κ3) is 4.90. The summed E-state index contributed by atoms with van der Waals surface area (Å²) in [6, 6.07) is 6.69. The molecule has 1 aromatic rings. The van der Waals surface area contributed by atoms with E-state index in [1.54, 1.807) is 17.7 Å². The topological polar surface area (TPSA) is 83.8 Å². The third-order valence-corrected chi connectivity index (χ3v) is 16.2. The minimum Gasteiger partial charge on any atom is -0.340 e. The van der Waals surface area contributed by atoms with Gasteiger partial charge in [-0.05, 0) is 121 Å². The van der Waals surface area contributed by atoms with Gasteiger partial charge in [0.15, 0.2) is 5.78 Å². The molecule has 49 heavy (non-hydrogen) atoms. The highest BCUT2D eigenvalue weighted by atomic mass is 16.6. The minimum atomic E-state index is -0.518.